The van der Waals surface area contributed by atoms with Gasteiger partial charge < -0.3 is 4.98 Å². The van der Waals surface area contributed by atoms with Gasteiger partial charge in [-0.15, -0.1) is 0 Å². The minimum Gasteiger partial charge on any atom is -0.337 e. The number of hydrogen-bond acceptors (Lipinski definition) is 5. The Morgan fingerprint density at radius 2 is 1.77 bits per heavy atom. The molecule has 2 aromatic carbocycles. The highest BCUT2D eigenvalue weighted by atomic mass is 19.1. The van der Waals surface area contributed by atoms with Crippen LogP contribution >= 0.6 is 0 Å². The van der Waals surface area contributed by atoms with Crippen LogP contribution in [0.15, 0.2) is 73.3 Å². The molecule has 0 saturated heterocycles. The number of fused-ring (bicyclic) bond motifs is 2. The van der Waals surface area contributed by atoms with Gasteiger partial charge in [-0.1, -0.05) is 24.3 Å². The third kappa shape index (κ3) is 2.93. The summed E-state index contributed by atoms with van der Waals surface area (Å²) in [6.45, 7) is 0. The molecule has 0 unspecified atom stereocenters. The average Bonchev–Trinajstić information content (AvgIpc) is 3.43. The maximum absolute atomic E-state index is 13.8. The van der Waals surface area contributed by atoms with Gasteiger partial charge in [-0.2, -0.15) is 5.10 Å². The molecule has 0 bridgehead atoms. The number of pyridine rings is 1. The third-order valence-electron chi connectivity index (χ3n) is 5.15. The first kappa shape index (κ1) is 17.4. The van der Waals surface area contributed by atoms with Gasteiger partial charge in [0.2, 0.25) is 0 Å². The van der Waals surface area contributed by atoms with Crippen LogP contribution in [0.2, 0.25) is 0 Å². The Morgan fingerprint density at radius 3 is 2.65 bits per heavy atom. The molecule has 0 aliphatic carbocycles. The van der Waals surface area contributed by atoms with Gasteiger partial charge in [-0.25, -0.2) is 9.37 Å². The van der Waals surface area contributed by atoms with Gasteiger partial charge in [-0.05, 0) is 29.8 Å². The van der Waals surface area contributed by atoms with Crippen molar-refractivity contribution in [2.24, 2.45) is 0 Å². The lowest BCUT2D eigenvalue weighted by molar-refractivity contribution is 0.628. The van der Waals surface area contributed by atoms with Crippen LogP contribution < -0.4 is 0 Å². The van der Waals surface area contributed by atoms with E-state index in [4.69, 9.17) is 4.98 Å². The van der Waals surface area contributed by atoms with Crippen molar-refractivity contribution >= 4 is 21.9 Å². The summed E-state index contributed by atoms with van der Waals surface area (Å²) in [4.78, 5) is 21.0. The first-order valence-corrected chi connectivity index (χ1v) is 9.62. The Hall–Kier alpha value is -4.46. The molecule has 7 nitrogen and oxygen atoms in total. The summed E-state index contributed by atoms with van der Waals surface area (Å²) in [6, 6.07) is 14.2. The molecule has 0 radical (unpaired) electrons. The highest BCUT2D eigenvalue weighted by molar-refractivity contribution is 5.97. The van der Waals surface area contributed by atoms with Crippen molar-refractivity contribution in [1.82, 2.24) is 35.1 Å². The van der Waals surface area contributed by atoms with Crippen LogP contribution in [0, 0.1) is 5.82 Å². The number of benzene rings is 2. The molecule has 0 aliphatic heterocycles. The van der Waals surface area contributed by atoms with E-state index in [2.05, 4.69) is 30.1 Å². The number of nitrogens with zero attached hydrogens (tertiary/aromatic N) is 5. The standard InChI is InChI=1S/C23H14FN7/c24-14-4-1-3-13(9-14)15-5-2-6-17-21(15)29-23(28-17)22-16-10-18(20-11-25-7-8-26-20)27-12-19(16)30-31-22/h1-12H,(H,28,29)(H,30,31). The normalized spacial score (nSPS) is 11.4. The second-order valence-electron chi connectivity index (χ2n) is 7.08. The molecule has 6 aromatic rings. The molecule has 4 aromatic heterocycles. The molecule has 0 aliphatic rings. The Balaban J connectivity index is 1.52. The number of nitrogens with one attached hydrogen (secondary N) is 2. The molecular weight excluding hydrogens is 393 g/mol. The second kappa shape index (κ2) is 6.81. The van der Waals surface area contributed by atoms with Gasteiger partial charge in [0, 0.05) is 23.3 Å². The smallest absolute Gasteiger partial charge is 0.159 e. The van der Waals surface area contributed by atoms with Crippen molar-refractivity contribution in [2.45, 2.75) is 0 Å². The van der Waals surface area contributed by atoms with Crippen molar-refractivity contribution in [1.29, 1.82) is 0 Å². The highest BCUT2D eigenvalue weighted by Crippen LogP contribution is 2.32. The number of aromatic nitrogens is 7. The minimum atomic E-state index is -0.285. The van der Waals surface area contributed by atoms with Crippen LogP contribution in [0.3, 0.4) is 0 Å². The molecule has 6 rings (SSSR count). The highest BCUT2D eigenvalue weighted by Gasteiger charge is 2.16. The summed E-state index contributed by atoms with van der Waals surface area (Å²) < 4.78 is 13.8. The van der Waals surface area contributed by atoms with Crippen LogP contribution in [0.5, 0.6) is 0 Å². The van der Waals surface area contributed by atoms with Crippen LogP contribution in [-0.2, 0) is 0 Å². The lowest BCUT2D eigenvalue weighted by atomic mass is 10.0. The molecule has 0 fully saturated rings. The lowest BCUT2D eigenvalue weighted by Gasteiger charge is -2.02. The van der Waals surface area contributed by atoms with E-state index in [1.807, 2.05) is 30.3 Å². The summed E-state index contributed by atoms with van der Waals surface area (Å²) in [6.07, 6.45) is 6.64. The van der Waals surface area contributed by atoms with E-state index >= 15 is 0 Å². The molecule has 8 heteroatoms. The fourth-order valence-corrected chi connectivity index (χ4v) is 3.70. The average molecular weight is 407 g/mol. The zero-order valence-electron chi connectivity index (χ0n) is 16.0. The van der Waals surface area contributed by atoms with Gasteiger partial charge in [-0.3, -0.25) is 20.1 Å². The predicted octanol–water partition coefficient (Wildman–Crippen LogP) is 4.76. The second-order valence-corrected chi connectivity index (χ2v) is 7.08. The van der Waals surface area contributed by atoms with Crippen molar-refractivity contribution in [3.8, 4) is 34.0 Å². The fourth-order valence-electron chi connectivity index (χ4n) is 3.70. The van der Waals surface area contributed by atoms with Crippen LogP contribution in [0.4, 0.5) is 4.39 Å². The van der Waals surface area contributed by atoms with Crippen LogP contribution in [0.1, 0.15) is 0 Å². The Bertz CT molecular complexity index is 1550. The van der Waals surface area contributed by atoms with E-state index in [0.29, 0.717) is 22.9 Å². The number of para-hydroxylation sites is 1. The molecular formula is C23H14FN7. The Kier molecular flexibility index (Phi) is 3.82. The molecule has 148 valence electrons. The maximum atomic E-state index is 13.8. The zero-order chi connectivity index (χ0) is 20.8. The number of imidazole rings is 1. The SMILES string of the molecule is Fc1cccc(-c2cccc3[nH]c(-c4n[nH]c5cnc(-c6cnccn6)cc45)nc23)c1. The molecule has 0 saturated carbocycles. The largest absolute Gasteiger partial charge is 0.337 e. The summed E-state index contributed by atoms with van der Waals surface area (Å²) in [5.74, 6) is 0.328. The molecule has 0 amide bonds. The number of halogens is 1. The van der Waals surface area contributed by atoms with E-state index in [1.165, 1.54) is 12.1 Å². The Morgan fingerprint density at radius 1 is 0.839 bits per heavy atom. The summed E-state index contributed by atoms with van der Waals surface area (Å²) in [7, 11) is 0. The van der Waals surface area contributed by atoms with Crippen molar-refractivity contribution in [3.05, 3.63) is 79.1 Å². The van der Waals surface area contributed by atoms with Gasteiger partial charge >= 0.3 is 0 Å². The van der Waals surface area contributed by atoms with E-state index < -0.39 is 0 Å². The first-order chi connectivity index (χ1) is 15.3. The summed E-state index contributed by atoms with van der Waals surface area (Å²) >= 11 is 0. The van der Waals surface area contributed by atoms with Crippen molar-refractivity contribution in [3.63, 3.8) is 0 Å². The van der Waals surface area contributed by atoms with Gasteiger partial charge in [0.15, 0.2) is 5.82 Å². The van der Waals surface area contributed by atoms with E-state index in [9.17, 15) is 4.39 Å². The molecule has 4 heterocycles. The minimum absolute atomic E-state index is 0.285. The third-order valence-corrected chi connectivity index (χ3v) is 5.15. The fraction of sp³-hybridized carbons (Fsp3) is 0. The topological polar surface area (TPSA) is 96.0 Å². The van der Waals surface area contributed by atoms with Gasteiger partial charge in [0.05, 0.1) is 34.6 Å². The number of hydrogen-bond donors (Lipinski definition) is 2. The molecule has 0 atom stereocenters. The monoisotopic (exact) mass is 407 g/mol. The van der Waals surface area contributed by atoms with Gasteiger partial charge in [0.1, 0.15) is 17.2 Å². The summed E-state index contributed by atoms with van der Waals surface area (Å²) in [5, 5.41) is 8.33. The lowest BCUT2D eigenvalue weighted by Crippen LogP contribution is -1.88. The molecule has 2 N–H and O–H groups in total. The summed E-state index contributed by atoms with van der Waals surface area (Å²) in [5.41, 5.74) is 6.04. The number of aromatic amines is 2. The van der Waals surface area contributed by atoms with E-state index in [-0.39, 0.29) is 5.82 Å². The van der Waals surface area contributed by atoms with Crippen molar-refractivity contribution < 1.29 is 4.39 Å². The van der Waals surface area contributed by atoms with E-state index in [0.717, 1.165) is 33.1 Å². The van der Waals surface area contributed by atoms with Gasteiger partial charge in [0.25, 0.3) is 0 Å². The number of H-pyrrole nitrogens is 2. The maximum Gasteiger partial charge on any atom is 0.159 e. The molecule has 0 spiro atoms. The van der Waals surface area contributed by atoms with Crippen molar-refractivity contribution in [2.75, 3.05) is 0 Å². The van der Waals surface area contributed by atoms with E-state index in [1.54, 1.807) is 30.9 Å². The zero-order valence-corrected chi connectivity index (χ0v) is 16.0. The Labute approximate surface area is 175 Å². The molecule has 31 heavy (non-hydrogen) atoms. The number of rotatable bonds is 3. The predicted molar refractivity (Wildman–Crippen MR) is 115 cm³/mol. The quantitative estimate of drug-likeness (QED) is 0.441. The van der Waals surface area contributed by atoms with Crippen LogP contribution in [-0.4, -0.2) is 35.1 Å². The first-order valence-electron chi connectivity index (χ1n) is 9.62. The van der Waals surface area contributed by atoms with Crippen LogP contribution in [0.25, 0.3) is 56.0 Å².